The number of H-pyrrole nitrogens is 1. The van der Waals surface area contributed by atoms with Crippen molar-refractivity contribution >= 4 is 36.1 Å². The summed E-state index contributed by atoms with van der Waals surface area (Å²) in [7, 11) is 0. The van der Waals surface area contributed by atoms with E-state index in [2.05, 4.69) is 9.72 Å². The predicted octanol–water partition coefficient (Wildman–Crippen LogP) is -6.33. The molecule has 234 valence electrons. The van der Waals surface area contributed by atoms with Crippen LogP contribution in [0.2, 0.25) is 0 Å². The van der Waals surface area contributed by atoms with Gasteiger partial charge in [-0.25, -0.2) is 14.4 Å². The molecule has 42 heavy (non-hydrogen) atoms. The number of aromatic nitrogens is 2. The van der Waals surface area contributed by atoms with E-state index in [1.807, 2.05) is 10.6 Å². The van der Waals surface area contributed by atoms with Crippen molar-refractivity contribution in [3.8, 4) is 0 Å². The van der Waals surface area contributed by atoms with Crippen LogP contribution in [0.25, 0.3) is 0 Å². The van der Waals surface area contributed by atoms with Gasteiger partial charge in [-0.15, -0.1) is 0 Å². The average Bonchev–Trinajstić information content (AvgIpc) is 3.44. The zero-order valence-electron chi connectivity index (χ0n) is 21.4. The van der Waals surface area contributed by atoms with Crippen LogP contribution < -0.4 is 27.8 Å². The standard InChI is InChI=1S/C21H30N6O15/c22-10(12(32)8(29)5-41-20(23)39)16(35)26-11(17(36)25-7(19(37)38)1-2-9(30)31)15-13(33)14(34)18(42-15)27-3-6(4-28)24-21(27)40/h3-4,7-8,10-15,18,29,32-34H,1-2,5,22H2,(H2,23,39)(H,24,40)(H,25,36)(H,26,35)(H,30,31)(H,37,38)/t7?,8-,10-,11-,12+,13-,14+,15+,18+/m0/s1. The molecule has 21 nitrogen and oxygen atoms in total. The molecule has 0 aliphatic carbocycles. The summed E-state index contributed by atoms with van der Waals surface area (Å²) in [6, 6.07) is -6.02. The number of amides is 3. The normalized spacial score (nSPS) is 23.5. The Bertz CT molecular complexity index is 1230. The van der Waals surface area contributed by atoms with Crippen molar-refractivity contribution in [3.05, 3.63) is 22.4 Å². The lowest BCUT2D eigenvalue weighted by Crippen LogP contribution is -2.63. The topological polar surface area (TPSA) is 356 Å². The van der Waals surface area contributed by atoms with E-state index in [0.29, 0.717) is 4.57 Å². The van der Waals surface area contributed by atoms with Gasteiger partial charge in [-0.1, -0.05) is 0 Å². The number of carbonyl (C=O) groups is 6. The molecule has 1 saturated heterocycles. The highest BCUT2D eigenvalue weighted by Gasteiger charge is 2.51. The minimum Gasteiger partial charge on any atom is -0.481 e. The van der Waals surface area contributed by atoms with Crippen LogP contribution in [0.4, 0.5) is 4.79 Å². The maximum Gasteiger partial charge on any atom is 0.404 e. The van der Waals surface area contributed by atoms with E-state index in [-0.39, 0.29) is 12.0 Å². The molecule has 1 fully saturated rings. The molecule has 0 bridgehead atoms. The van der Waals surface area contributed by atoms with Gasteiger partial charge < -0.3 is 67.2 Å². The zero-order chi connectivity index (χ0) is 31.9. The van der Waals surface area contributed by atoms with Crippen LogP contribution in [0.15, 0.2) is 11.0 Å². The van der Waals surface area contributed by atoms with Crippen molar-refractivity contribution in [3.63, 3.8) is 0 Å². The molecule has 1 aromatic rings. The van der Waals surface area contributed by atoms with Gasteiger partial charge in [-0.2, -0.15) is 0 Å². The number of nitrogens with two attached hydrogens (primary N) is 2. The fourth-order valence-electron chi connectivity index (χ4n) is 3.86. The summed E-state index contributed by atoms with van der Waals surface area (Å²) in [5.74, 6) is -5.88. The van der Waals surface area contributed by atoms with Gasteiger partial charge in [-0.05, 0) is 6.42 Å². The number of hydrogen-bond donors (Lipinski definition) is 11. The highest BCUT2D eigenvalue weighted by molar-refractivity contribution is 5.92. The Kier molecular flexibility index (Phi) is 11.6. The molecule has 1 aliphatic rings. The number of hydrogen-bond acceptors (Lipinski definition) is 14. The van der Waals surface area contributed by atoms with E-state index < -0.39 is 110 Å². The van der Waals surface area contributed by atoms with Gasteiger partial charge in [0.2, 0.25) is 11.8 Å². The Hall–Kier alpha value is -4.41. The number of primary amides is 1. The van der Waals surface area contributed by atoms with Crippen LogP contribution in [-0.4, -0.2) is 132 Å². The summed E-state index contributed by atoms with van der Waals surface area (Å²) in [6.07, 6.45) is -13.3. The maximum atomic E-state index is 13.2. The minimum atomic E-state index is -2.14. The number of aromatic amines is 1. The molecule has 1 aliphatic heterocycles. The third kappa shape index (κ3) is 8.31. The Labute approximate surface area is 234 Å². The molecule has 2 heterocycles. The summed E-state index contributed by atoms with van der Waals surface area (Å²) in [4.78, 5) is 84.6. The minimum absolute atomic E-state index is 0.252. The Morgan fingerprint density at radius 2 is 1.76 bits per heavy atom. The molecular formula is C21H30N6O15. The van der Waals surface area contributed by atoms with Crippen LogP contribution in [0.3, 0.4) is 0 Å². The van der Waals surface area contributed by atoms with Crippen molar-refractivity contribution in [2.75, 3.05) is 6.61 Å². The number of aliphatic hydroxyl groups is 4. The second-order valence-electron chi connectivity index (χ2n) is 9.04. The number of aliphatic hydroxyl groups excluding tert-OH is 4. The highest BCUT2D eigenvalue weighted by atomic mass is 16.6. The molecular weight excluding hydrogens is 576 g/mol. The van der Waals surface area contributed by atoms with Crippen LogP contribution in [-0.2, 0) is 28.7 Å². The third-order valence-electron chi connectivity index (χ3n) is 6.07. The van der Waals surface area contributed by atoms with E-state index in [1.54, 1.807) is 0 Å². The number of rotatable bonds is 15. The van der Waals surface area contributed by atoms with E-state index in [0.717, 1.165) is 6.20 Å². The molecule has 21 heteroatoms. The summed E-state index contributed by atoms with van der Waals surface area (Å²) in [5, 5.41) is 63.5. The van der Waals surface area contributed by atoms with Gasteiger partial charge in [0.1, 0.15) is 55.3 Å². The first-order chi connectivity index (χ1) is 19.6. The monoisotopic (exact) mass is 606 g/mol. The number of nitrogens with one attached hydrogen (secondary N) is 3. The third-order valence-corrected chi connectivity index (χ3v) is 6.07. The predicted molar refractivity (Wildman–Crippen MR) is 130 cm³/mol. The van der Waals surface area contributed by atoms with Crippen molar-refractivity contribution in [1.29, 1.82) is 0 Å². The quantitative estimate of drug-likeness (QED) is 0.0826. The van der Waals surface area contributed by atoms with Crippen LogP contribution in [0, 0.1) is 0 Å². The highest BCUT2D eigenvalue weighted by Crippen LogP contribution is 2.30. The largest absolute Gasteiger partial charge is 0.481 e. The molecule has 0 aromatic carbocycles. The number of nitrogens with zero attached hydrogens (tertiary/aromatic N) is 1. The van der Waals surface area contributed by atoms with Crippen LogP contribution >= 0.6 is 0 Å². The first kappa shape index (κ1) is 33.8. The fourth-order valence-corrected chi connectivity index (χ4v) is 3.86. The molecule has 0 saturated carbocycles. The van der Waals surface area contributed by atoms with E-state index >= 15 is 0 Å². The molecule has 1 unspecified atom stereocenters. The van der Waals surface area contributed by atoms with Crippen LogP contribution in [0.5, 0.6) is 0 Å². The number of imidazole rings is 1. The van der Waals surface area contributed by atoms with Crippen molar-refractivity contribution in [1.82, 2.24) is 20.2 Å². The maximum absolute atomic E-state index is 13.2. The fraction of sp³-hybridized carbons (Fsp3) is 0.571. The number of carboxylic acid groups (broad SMARTS) is 2. The Morgan fingerprint density at radius 1 is 1.12 bits per heavy atom. The molecule has 9 atom stereocenters. The number of carbonyl (C=O) groups excluding carboxylic acids is 4. The first-order valence-electron chi connectivity index (χ1n) is 12.0. The number of ether oxygens (including phenoxy) is 2. The van der Waals surface area contributed by atoms with E-state index in [1.165, 1.54) is 0 Å². The van der Waals surface area contributed by atoms with Gasteiger partial charge in [-0.3, -0.25) is 23.7 Å². The van der Waals surface area contributed by atoms with Gasteiger partial charge in [0, 0.05) is 12.6 Å². The smallest absolute Gasteiger partial charge is 0.404 e. The van der Waals surface area contributed by atoms with Gasteiger partial charge in [0.05, 0.1) is 5.69 Å². The number of carboxylic acids is 2. The Morgan fingerprint density at radius 3 is 2.29 bits per heavy atom. The Balaban J connectivity index is 2.37. The summed E-state index contributed by atoms with van der Waals surface area (Å²) >= 11 is 0. The molecule has 13 N–H and O–H groups in total. The molecule has 0 spiro atoms. The second kappa shape index (κ2) is 14.5. The van der Waals surface area contributed by atoms with Crippen LogP contribution in [0.1, 0.15) is 29.6 Å². The van der Waals surface area contributed by atoms with E-state index in [4.69, 9.17) is 21.3 Å². The number of aliphatic carboxylic acids is 2. The van der Waals surface area contributed by atoms with Crippen molar-refractivity contribution in [2.24, 2.45) is 11.5 Å². The van der Waals surface area contributed by atoms with Gasteiger partial charge in [0.25, 0.3) is 0 Å². The summed E-state index contributed by atoms with van der Waals surface area (Å²) < 4.78 is 10.4. The summed E-state index contributed by atoms with van der Waals surface area (Å²) in [5.41, 5.74) is 9.17. The van der Waals surface area contributed by atoms with Gasteiger partial charge in [0.15, 0.2) is 12.5 Å². The molecule has 1 aromatic heterocycles. The number of aldehydes is 1. The van der Waals surface area contributed by atoms with Crippen molar-refractivity contribution < 1.29 is 68.9 Å². The van der Waals surface area contributed by atoms with Crippen molar-refractivity contribution in [2.45, 2.75) is 67.7 Å². The molecule has 0 radical (unpaired) electrons. The van der Waals surface area contributed by atoms with E-state index in [9.17, 15) is 59.1 Å². The van der Waals surface area contributed by atoms with Gasteiger partial charge >= 0.3 is 23.7 Å². The lowest BCUT2D eigenvalue weighted by atomic mass is 10.00. The second-order valence-corrected chi connectivity index (χ2v) is 9.04. The zero-order valence-corrected chi connectivity index (χ0v) is 21.4. The lowest BCUT2D eigenvalue weighted by molar-refractivity contribution is -0.145. The molecule has 2 rings (SSSR count). The SMILES string of the molecule is NC(=O)OC[C@H](O)[C@@H](O)[C@H](N)C(=O)N[C@H](C(=O)NC(CCC(=O)O)C(=O)O)[C@H]1O[C@@H](n2cc(C=O)[nH]c2=O)[C@H](O)[C@@H]1O. The first-order valence-corrected chi connectivity index (χ1v) is 12.0. The lowest BCUT2D eigenvalue weighted by Gasteiger charge is -2.29. The molecule has 3 amide bonds. The average molecular weight is 606 g/mol. The summed E-state index contributed by atoms with van der Waals surface area (Å²) in [6.45, 7) is -0.891.